The molecule has 1 N–H and O–H groups in total. The zero-order valence-electron chi connectivity index (χ0n) is 15.5. The van der Waals surface area contributed by atoms with Crippen molar-refractivity contribution in [2.24, 2.45) is 5.92 Å². The lowest BCUT2D eigenvalue weighted by atomic mass is 9.95. The first-order valence-electron chi connectivity index (χ1n) is 9.59. The summed E-state index contributed by atoms with van der Waals surface area (Å²) >= 11 is 0. The topological polar surface area (TPSA) is 96.2 Å². The maximum Gasteiger partial charge on any atom is 0.273 e. The van der Waals surface area contributed by atoms with Crippen LogP contribution in [0.15, 0.2) is 24.3 Å². The fourth-order valence-electron chi connectivity index (χ4n) is 3.79. The monoisotopic (exact) mass is 377 g/mol. The molecular weight excluding hydrogens is 350 g/mol. The van der Waals surface area contributed by atoms with Gasteiger partial charge in [0, 0.05) is 31.6 Å². The largest absolute Gasteiger partial charge is 0.491 e. The number of nitro groups is 1. The van der Waals surface area contributed by atoms with Gasteiger partial charge in [-0.25, -0.2) is 0 Å². The third-order valence-corrected chi connectivity index (χ3v) is 5.29. The van der Waals surface area contributed by atoms with E-state index >= 15 is 0 Å². The van der Waals surface area contributed by atoms with Gasteiger partial charge in [-0.3, -0.25) is 14.9 Å². The van der Waals surface area contributed by atoms with E-state index in [0.29, 0.717) is 18.2 Å². The fourth-order valence-corrected chi connectivity index (χ4v) is 3.79. The second-order valence-electron chi connectivity index (χ2n) is 7.33. The van der Waals surface area contributed by atoms with Crippen molar-refractivity contribution in [3.63, 3.8) is 0 Å². The molecule has 0 radical (unpaired) electrons. The summed E-state index contributed by atoms with van der Waals surface area (Å²) in [7, 11) is 0. The standard InChI is InChI=1S/C19H27N3O5/c23-17(14-27-18-5-3-4-16(12-18)22(25)26)13-20-10-6-15(7-11-20)19(24)21-8-1-2-9-21/h3-5,12,15,17,23H,1-2,6-11,13-14H2. The van der Waals surface area contributed by atoms with Crippen LogP contribution < -0.4 is 4.74 Å². The lowest BCUT2D eigenvalue weighted by molar-refractivity contribution is -0.384. The number of non-ortho nitro benzene ring substituents is 1. The number of β-amino-alcohol motifs (C(OH)–C–C–N with tert-alkyl or cyclic N) is 1. The molecule has 8 heteroatoms. The number of piperidine rings is 1. The number of hydrogen-bond acceptors (Lipinski definition) is 6. The molecule has 1 amide bonds. The van der Waals surface area contributed by atoms with E-state index in [2.05, 4.69) is 4.90 Å². The number of carbonyl (C=O) groups excluding carboxylic acids is 1. The van der Waals surface area contributed by atoms with Crippen LogP contribution in [0.2, 0.25) is 0 Å². The molecule has 1 aromatic carbocycles. The number of benzene rings is 1. The van der Waals surface area contributed by atoms with Gasteiger partial charge in [0.2, 0.25) is 5.91 Å². The number of aliphatic hydroxyl groups is 1. The molecule has 0 bridgehead atoms. The van der Waals surface area contributed by atoms with Crippen molar-refractivity contribution in [2.75, 3.05) is 39.3 Å². The van der Waals surface area contributed by atoms with Crippen molar-refractivity contribution >= 4 is 11.6 Å². The molecule has 2 heterocycles. The fraction of sp³-hybridized carbons (Fsp3) is 0.632. The number of amides is 1. The number of nitrogens with zero attached hydrogens (tertiary/aromatic N) is 3. The molecule has 2 saturated heterocycles. The van der Waals surface area contributed by atoms with Crippen LogP contribution in [-0.4, -0.2) is 71.2 Å². The number of ether oxygens (including phenoxy) is 1. The molecular formula is C19H27N3O5. The number of carbonyl (C=O) groups is 1. The molecule has 0 aromatic heterocycles. The second kappa shape index (κ2) is 9.14. The van der Waals surface area contributed by atoms with E-state index < -0.39 is 11.0 Å². The van der Waals surface area contributed by atoms with Crippen LogP contribution in [0.25, 0.3) is 0 Å². The van der Waals surface area contributed by atoms with Crippen molar-refractivity contribution in [1.82, 2.24) is 9.80 Å². The number of hydrogen-bond donors (Lipinski definition) is 1. The average molecular weight is 377 g/mol. The Morgan fingerprint density at radius 1 is 1.26 bits per heavy atom. The Kier molecular flexibility index (Phi) is 6.63. The molecule has 1 atom stereocenters. The third-order valence-electron chi connectivity index (χ3n) is 5.29. The predicted octanol–water partition coefficient (Wildman–Crippen LogP) is 1.67. The zero-order chi connectivity index (χ0) is 19.2. The Morgan fingerprint density at radius 3 is 2.63 bits per heavy atom. The van der Waals surface area contributed by atoms with E-state index in [9.17, 15) is 20.0 Å². The summed E-state index contributed by atoms with van der Waals surface area (Å²) in [6.07, 6.45) is 3.19. The van der Waals surface area contributed by atoms with Gasteiger partial charge in [-0.1, -0.05) is 6.07 Å². The lowest BCUT2D eigenvalue weighted by Gasteiger charge is -2.34. The molecule has 0 saturated carbocycles. The van der Waals surface area contributed by atoms with Gasteiger partial charge < -0.3 is 19.6 Å². The van der Waals surface area contributed by atoms with E-state index in [-0.39, 0.29) is 18.2 Å². The molecule has 2 aliphatic rings. The van der Waals surface area contributed by atoms with Crippen LogP contribution in [0, 0.1) is 16.0 Å². The molecule has 1 unspecified atom stereocenters. The first-order chi connectivity index (χ1) is 13.0. The van der Waals surface area contributed by atoms with E-state index in [0.717, 1.165) is 51.9 Å². The van der Waals surface area contributed by atoms with Crippen molar-refractivity contribution < 1.29 is 19.6 Å². The maximum atomic E-state index is 12.5. The summed E-state index contributed by atoms with van der Waals surface area (Å²) in [6.45, 7) is 3.92. The molecule has 2 aliphatic heterocycles. The smallest absolute Gasteiger partial charge is 0.273 e. The summed E-state index contributed by atoms with van der Waals surface area (Å²) in [4.78, 5) is 26.9. The Balaban J connectivity index is 1.39. The summed E-state index contributed by atoms with van der Waals surface area (Å²) in [5.41, 5.74) is -0.0354. The van der Waals surface area contributed by atoms with Gasteiger partial charge in [0.05, 0.1) is 11.0 Å². The van der Waals surface area contributed by atoms with E-state index in [1.54, 1.807) is 12.1 Å². The molecule has 2 fully saturated rings. The predicted molar refractivity (Wildman–Crippen MR) is 99.6 cm³/mol. The molecule has 3 rings (SSSR count). The molecule has 1 aromatic rings. The van der Waals surface area contributed by atoms with Crippen LogP contribution in [0.3, 0.4) is 0 Å². The number of rotatable bonds is 7. The summed E-state index contributed by atoms with van der Waals surface area (Å²) in [5.74, 6) is 0.775. The summed E-state index contributed by atoms with van der Waals surface area (Å²) in [6, 6.07) is 5.94. The summed E-state index contributed by atoms with van der Waals surface area (Å²) < 4.78 is 5.49. The van der Waals surface area contributed by atoms with E-state index in [4.69, 9.17) is 4.74 Å². The van der Waals surface area contributed by atoms with Gasteiger partial charge in [-0.15, -0.1) is 0 Å². The normalized spacial score (nSPS) is 19.8. The highest BCUT2D eigenvalue weighted by Gasteiger charge is 2.30. The highest BCUT2D eigenvalue weighted by atomic mass is 16.6. The van der Waals surface area contributed by atoms with Crippen LogP contribution in [-0.2, 0) is 4.79 Å². The van der Waals surface area contributed by atoms with Gasteiger partial charge in [-0.2, -0.15) is 0 Å². The van der Waals surface area contributed by atoms with Gasteiger partial charge in [-0.05, 0) is 44.8 Å². The van der Waals surface area contributed by atoms with Gasteiger partial charge >= 0.3 is 0 Å². The number of aliphatic hydroxyl groups excluding tert-OH is 1. The first-order valence-corrected chi connectivity index (χ1v) is 9.59. The van der Waals surface area contributed by atoms with Crippen molar-refractivity contribution in [1.29, 1.82) is 0 Å². The van der Waals surface area contributed by atoms with E-state index in [1.807, 2.05) is 4.90 Å². The highest BCUT2D eigenvalue weighted by Crippen LogP contribution is 2.23. The summed E-state index contributed by atoms with van der Waals surface area (Å²) in [5, 5.41) is 21.0. The molecule has 0 aliphatic carbocycles. The van der Waals surface area contributed by atoms with Crippen LogP contribution >= 0.6 is 0 Å². The van der Waals surface area contributed by atoms with Gasteiger partial charge in [0.1, 0.15) is 18.5 Å². The number of likely N-dealkylation sites (tertiary alicyclic amines) is 2. The third kappa shape index (κ3) is 5.40. The minimum Gasteiger partial charge on any atom is -0.491 e. The van der Waals surface area contributed by atoms with Crippen molar-refractivity contribution in [3.05, 3.63) is 34.4 Å². The van der Waals surface area contributed by atoms with Gasteiger partial charge in [0.15, 0.2) is 0 Å². The minimum absolute atomic E-state index is 0.0354. The second-order valence-corrected chi connectivity index (χ2v) is 7.33. The van der Waals surface area contributed by atoms with Crippen LogP contribution in [0.1, 0.15) is 25.7 Å². The maximum absolute atomic E-state index is 12.5. The Bertz CT molecular complexity index is 655. The number of nitro benzene ring substituents is 1. The Morgan fingerprint density at radius 2 is 1.96 bits per heavy atom. The molecule has 0 spiro atoms. The molecule has 8 nitrogen and oxygen atoms in total. The van der Waals surface area contributed by atoms with E-state index in [1.165, 1.54) is 12.1 Å². The van der Waals surface area contributed by atoms with Crippen molar-refractivity contribution in [2.45, 2.75) is 31.8 Å². The molecule has 148 valence electrons. The quantitative estimate of drug-likeness (QED) is 0.574. The lowest BCUT2D eigenvalue weighted by Crippen LogP contribution is -2.44. The first kappa shape index (κ1) is 19.6. The minimum atomic E-state index is -0.685. The van der Waals surface area contributed by atoms with Crippen LogP contribution in [0.5, 0.6) is 5.75 Å². The van der Waals surface area contributed by atoms with Crippen molar-refractivity contribution in [3.8, 4) is 5.75 Å². The average Bonchev–Trinajstić information content (AvgIpc) is 3.21. The highest BCUT2D eigenvalue weighted by molar-refractivity contribution is 5.79. The zero-order valence-corrected chi connectivity index (χ0v) is 15.5. The Hall–Kier alpha value is -2.19. The Labute approximate surface area is 158 Å². The van der Waals surface area contributed by atoms with Gasteiger partial charge in [0.25, 0.3) is 5.69 Å². The molecule has 27 heavy (non-hydrogen) atoms. The van der Waals surface area contributed by atoms with Crippen LogP contribution in [0.4, 0.5) is 5.69 Å². The SMILES string of the molecule is O=C(C1CCN(CC(O)COc2cccc([N+](=O)[O-])c2)CC1)N1CCCC1.